The third-order valence-electron chi connectivity index (χ3n) is 3.76. The van der Waals surface area contributed by atoms with Gasteiger partial charge in [-0.2, -0.15) is 5.10 Å². The lowest BCUT2D eigenvalue weighted by atomic mass is 10.1. The number of rotatable bonds is 6. The Labute approximate surface area is 159 Å². The number of aromatic nitrogens is 2. The standard InChI is InChI=1S/C19H17ClN2O3S/c1-2-22-18(23)16-6-4-3-5-15(16)17(21-22)19(24)25-11-12-26-14-9-7-13(20)8-10-14/h3-10H,2,11-12H2,1H3. The molecule has 0 aliphatic rings. The van der Waals surface area contributed by atoms with E-state index in [4.69, 9.17) is 16.3 Å². The first kappa shape index (κ1) is 18.5. The van der Waals surface area contributed by atoms with Crippen LogP contribution in [0, 0.1) is 0 Å². The molecule has 0 atom stereocenters. The number of fused-ring (bicyclic) bond motifs is 1. The van der Waals surface area contributed by atoms with Crippen molar-refractivity contribution in [3.63, 3.8) is 0 Å². The molecule has 5 nitrogen and oxygen atoms in total. The maximum atomic E-state index is 12.5. The van der Waals surface area contributed by atoms with Crippen molar-refractivity contribution in [2.45, 2.75) is 18.4 Å². The Morgan fingerprint density at radius 3 is 2.54 bits per heavy atom. The van der Waals surface area contributed by atoms with E-state index < -0.39 is 5.97 Å². The molecule has 0 saturated heterocycles. The molecule has 0 amide bonds. The van der Waals surface area contributed by atoms with E-state index in [-0.39, 0.29) is 17.9 Å². The van der Waals surface area contributed by atoms with Crippen LogP contribution in [-0.4, -0.2) is 28.1 Å². The highest BCUT2D eigenvalue weighted by atomic mass is 35.5. The molecule has 1 aromatic heterocycles. The lowest BCUT2D eigenvalue weighted by molar-refractivity contribution is 0.0523. The lowest BCUT2D eigenvalue weighted by Gasteiger charge is -2.09. The van der Waals surface area contributed by atoms with Crippen molar-refractivity contribution < 1.29 is 9.53 Å². The molecular weight excluding hydrogens is 372 g/mol. The summed E-state index contributed by atoms with van der Waals surface area (Å²) in [6.07, 6.45) is 0. The predicted octanol–water partition coefficient (Wildman–Crippen LogP) is 4.02. The number of thioether (sulfide) groups is 1. The molecule has 0 saturated carbocycles. The Morgan fingerprint density at radius 1 is 1.15 bits per heavy atom. The van der Waals surface area contributed by atoms with Gasteiger partial charge in [0.15, 0.2) is 5.69 Å². The Bertz CT molecular complexity index is 986. The van der Waals surface area contributed by atoms with Gasteiger partial charge in [0.05, 0.1) is 5.39 Å². The summed E-state index contributed by atoms with van der Waals surface area (Å²) in [6, 6.07) is 14.4. The summed E-state index contributed by atoms with van der Waals surface area (Å²) in [5.41, 5.74) is -0.0449. The van der Waals surface area contributed by atoms with E-state index in [0.717, 1.165) is 4.90 Å². The van der Waals surface area contributed by atoms with Gasteiger partial charge in [-0.05, 0) is 37.3 Å². The van der Waals surface area contributed by atoms with Gasteiger partial charge in [-0.3, -0.25) is 4.79 Å². The second-order valence-corrected chi connectivity index (χ2v) is 7.06. The summed E-state index contributed by atoms with van der Waals surface area (Å²) >= 11 is 7.42. The van der Waals surface area contributed by atoms with Gasteiger partial charge in [0, 0.05) is 27.6 Å². The molecule has 3 rings (SSSR count). The van der Waals surface area contributed by atoms with Gasteiger partial charge in [-0.15, -0.1) is 11.8 Å². The van der Waals surface area contributed by atoms with Crippen LogP contribution >= 0.6 is 23.4 Å². The first-order chi connectivity index (χ1) is 12.6. The first-order valence-corrected chi connectivity index (χ1v) is 9.52. The number of benzene rings is 2. The normalized spacial score (nSPS) is 10.8. The Balaban J connectivity index is 1.70. The van der Waals surface area contributed by atoms with Gasteiger partial charge in [-0.1, -0.05) is 29.8 Å². The van der Waals surface area contributed by atoms with Crippen molar-refractivity contribution in [2.24, 2.45) is 0 Å². The van der Waals surface area contributed by atoms with E-state index in [0.29, 0.717) is 28.1 Å². The highest BCUT2D eigenvalue weighted by molar-refractivity contribution is 7.99. The van der Waals surface area contributed by atoms with E-state index in [2.05, 4.69) is 5.10 Å². The van der Waals surface area contributed by atoms with Gasteiger partial charge in [0.2, 0.25) is 0 Å². The van der Waals surface area contributed by atoms with Gasteiger partial charge in [-0.25, -0.2) is 9.48 Å². The van der Waals surface area contributed by atoms with Crippen molar-refractivity contribution in [3.8, 4) is 0 Å². The molecule has 0 aliphatic carbocycles. The van der Waals surface area contributed by atoms with E-state index in [9.17, 15) is 9.59 Å². The van der Waals surface area contributed by atoms with E-state index >= 15 is 0 Å². The molecule has 0 N–H and O–H groups in total. The Morgan fingerprint density at radius 2 is 1.85 bits per heavy atom. The molecule has 0 unspecified atom stereocenters. The first-order valence-electron chi connectivity index (χ1n) is 8.15. The fourth-order valence-electron chi connectivity index (χ4n) is 2.49. The number of halogens is 1. The highest BCUT2D eigenvalue weighted by Crippen LogP contribution is 2.20. The van der Waals surface area contributed by atoms with Crippen LogP contribution in [0.5, 0.6) is 0 Å². The van der Waals surface area contributed by atoms with Crippen LogP contribution < -0.4 is 5.56 Å². The number of aryl methyl sites for hydroxylation is 1. The Hall–Kier alpha value is -2.31. The second-order valence-electron chi connectivity index (χ2n) is 5.45. The molecule has 0 fully saturated rings. The largest absolute Gasteiger partial charge is 0.460 e. The Kier molecular flexibility index (Phi) is 5.96. The zero-order chi connectivity index (χ0) is 18.5. The lowest BCUT2D eigenvalue weighted by Crippen LogP contribution is -2.26. The van der Waals surface area contributed by atoms with Crippen LogP contribution in [0.3, 0.4) is 0 Å². The minimum Gasteiger partial charge on any atom is -0.460 e. The monoisotopic (exact) mass is 388 g/mol. The maximum Gasteiger partial charge on any atom is 0.359 e. The molecule has 7 heteroatoms. The SMILES string of the molecule is CCn1nc(C(=O)OCCSc2ccc(Cl)cc2)c2ccccc2c1=O. The number of ether oxygens (including phenoxy) is 1. The number of esters is 1. The van der Waals surface area contributed by atoms with Crippen LogP contribution in [0.4, 0.5) is 0 Å². The van der Waals surface area contributed by atoms with E-state index in [1.807, 2.05) is 24.3 Å². The number of nitrogens with zero attached hydrogens (tertiary/aromatic N) is 2. The predicted molar refractivity (Wildman–Crippen MR) is 104 cm³/mol. The van der Waals surface area contributed by atoms with Crippen molar-refractivity contribution in [3.05, 3.63) is 69.6 Å². The fraction of sp³-hybridized carbons (Fsp3) is 0.211. The second kappa shape index (κ2) is 8.38. The summed E-state index contributed by atoms with van der Waals surface area (Å²) in [5, 5.41) is 5.83. The van der Waals surface area contributed by atoms with E-state index in [1.165, 1.54) is 4.68 Å². The van der Waals surface area contributed by atoms with Gasteiger partial charge >= 0.3 is 5.97 Å². The van der Waals surface area contributed by atoms with Crippen molar-refractivity contribution in [1.29, 1.82) is 0 Å². The zero-order valence-corrected chi connectivity index (χ0v) is 15.7. The van der Waals surface area contributed by atoms with E-state index in [1.54, 1.807) is 43.0 Å². The molecule has 26 heavy (non-hydrogen) atoms. The maximum absolute atomic E-state index is 12.5. The summed E-state index contributed by atoms with van der Waals surface area (Å²) < 4.78 is 6.64. The highest BCUT2D eigenvalue weighted by Gasteiger charge is 2.17. The molecule has 0 bridgehead atoms. The molecule has 134 valence electrons. The van der Waals surface area contributed by atoms with Crippen LogP contribution in [0.15, 0.2) is 58.2 Å². The minimum absolute atomic E-state index is 0.165. The zero-order valence-electron chi connectivity index (χ0n) is 14.1. The van der Waals surface area contributed by atoms with Crippen LogP contribution in [0.1, 0.15) is 17.4 Å². The molecular formula is C19H17ClN2O3S. The summed E-state index contributed by atoms with van der Waals surface area (Å²) in [7, 11) is 0. The molecule has 0 spiro atoms. The van der Waals surface area contributed by atoms with Gasteiger partial charge < -0.3 is 4.74 Å². The third-order valence-corrected chi connectivity index (χ3v) is 4.99. The number of carbonyl (C=O) groups excluding carboxylic acids is 1. The van der Waals surface area contributed by atoms with Crippen molar-refractivity contribution in [2.75, 3.05) is 12.4 Å². The van der Waals surface area contributed by atoms with Crippen molar-refractivity contribution >= 4 is 40.1 Å². The van der Waals surface area contributed by atoms with Crippen LogP contribution in [0.25, 0.3) is 10.8 Å². The topological polar surface area (TPSA) is 61.2 Å². The third kappa shape index (κ3) is 4.08. The molecule has 2 aromatic carbocycles. The number of hydrogen-bond donors (Lipinski definition) is 0. The average Bonchev–Trinajstić information content (AvgIpc) is 2.67. The number of carbonyl (C=O) groups is 1. The van der Waals surface area contributed by atoms with Gasteiger partial charge in [0.25, 0.3) is 5.56 Å². The fourth-order valence-corrected chi connectivity index (χ4v) is 3.35. The average molecular weight is 389 g/mol. The summed E-state index contributed by atoms with van der Waals surface area (Å²) in [6.45, 7) is 2.44. The van der Waals surface area contributed by atoms with Crippen molar-refractivity contribution in [1.82, 2.24) is 9.78 Å². The quantitative estimate of drug-likeness (QED) is 0.362. The summed E-state index contributed by atoms with van der Waals surface area (Å²) in [5.74, 6) is 0.0822. The minimum atomic E-state index is -0.528. The van der Waals surface area contributed by atoms with Crippen LogP contribution in [0.2, 0.25) is 5.02 Å². The summed E-state index contributed by atoms with van der Waals surface area (Å²) in [4.78, 5) is 25.8. The molecule has 0 aliphatic heterocycles. The van der Waals surface area contributed by atoms with Gasteiger partial charge in [0.1, 0.15) is 6.61 Å². The smallest absolute Gasteiger partial charge is 0.359 e. The van der Waals surface area contributed by atoms with Crippen LogP contribution in [-0.2, 0) is 11.3 Å². The molecule has 1 heterocycles. The molecule has 0 radical (unpaired) electrons. The number of hydrogen-bond acceptors (Lipinski definition) is 5. The molecule has 3 aromatic rings.